The normalized spacial score (nSPS) is 10.3. The molecule has 0 fully saturated rings. The van der Waals surface area contributed by atoms with Crippen LogP contribution in [-0.2, 0) is 16.1 Å². The van der Waals surface area contributed by atoms with Gasteiger partial charge in [0.2, 0.25) is 5.76 Å². The van der Waals surface area contributed by atoms with Gasteiger partial charge in [-0.1, -0.05) is 24.3 Å². The van der Waals surface area contributed by atoms with Gasteiger partial charge in [-0.25, -0.2) is 9.18 Å². The van der Waals surface area contributed by atoms with Crippen LogP contribution in [0.25, 0.3) is 0 Å². The van der Waals surface area contributed by atoms with Gasteiger partial charge in [-0.15, -0.1) is 0 Å². The summed E-state index contributed by atoms with van der Waals surface area (Å²) in [6, 6.07) is 17.6. The van der Waals surface area contributed by atoms with Gasteiger partial charge in [0, 0.05) is 5.69 Å². The first-order valence-electron chi connectivity index (χ1n) is 8.09. The van der Waals surface area contributed by atoms with E-state index >= 15 is 0 Å². The Hall–Kier alpha value is -3.61. The largest absolute Gasteiger partial charge is 0.486 e. The molecule has 1 amide bonds. The van der Waals surface area contributed by atoms with E-state index in [4.69, 9.17) is 13.9 Å². The van der Waals surface area contributed by atoms with Gasteiger partial charge in [0.1, 0.15) is 23.9 Å². The van der Waals surface area contributed by atoms with E-state index in [9.17, 15) is 14.0 Å². The molecule has 0 aliphatic heterocycles. The zero-order valence-corrected chi connectivity index (χ0v) is 14.2. The van der Waals surface area contributed by atoms with E-state index in [1.165, 1.54) is 24.3 Å². The lowest BCUT2D eigenvalue weighted by molar-refractivity contribution is -0.119. The topological polar surface area (TPSA) is 77.8 Å². The molecule has 0 aliphatic rings. The van der Waals surface area contributed by atoms with E-state index in [0.717, 1.165) is 6.07 Å². The number of hydrogen-bond acceptors (Lipinski definition) is 5. The Kier molecular flexibility index (Phi) is 5.84. The number of benzene rings is 2. The van der Waals surface area contributed by atoms with Crippen molar-refractivity contribution in [2.24, 2.45) is 0 Å². The van der Waals surface area contributed by atoms with Crippen LogP contribution in [0.3, 0.4) is 0 Å². The fraction of sp³-hybridized carbons (Fsp3) is 0.100. The van der Waals surface area contributed by atoms with Crippen LogP contribution in [0.5, 0.6) is 5.75 Å². The maximum atomic E-state index is 13.1. The van der Waals surface area contributed by atoms with Crippen LogP contribution in [0.4, 0.5) is 10.1 Å². The third-order valence-corrected chi connectivity index (χ3v) is 3.43. The van der Waals surface area contributed by atoms with Crippen molar-refractivity contribution in [3.8, 4) is 5.75 Å². The summed E-state index contributed by atoms with van der Waals surface area (Å²) in [5.41, 5.74) is 0.273. The first-order valence-corrected chi connectivity index (χ1v) is 8.09. The van der Waals surface area contributed by atoms with Crippen molar-refractivity contribution in [3.05, 3.63) is 84.1 Å². The Morgan fingerprint density at radius 1 is 1.00 bits per heavy atom. The minimum absolute atomic E-state index is 0.0415. The summed E-state index contributed by atoms with van der Waals surface area (Å²) in [7, 11) is 0. The lowest BCUT2D eigenvalue weighted by Crippen LogP contribution is -2.20. The van der Waals surface area contributed by atoms with Crippen LogP contribution in [0.2, 0.25) is 0 Å². The number of anilines is 1. The molecular formula is C20H16FNO5. The smallest absolute Gasteiger partial charge is 0.374 e. The second kappa shape index (κ2) is 8.66. The third-order valence-electron chi connectivity index (χ3n) is 3.43. The Balaban J connectivity index is 1.47. The molecule has 27 heavy (non-hydrogen) atoms. The number of hydrogen-bond donors (Lipinski definition) is 1. The first kappa shape index (κ1) is 18.2. The number of carbonyl (C=O) groups excluding carboxylic acids is 2. The zero-order chi connectivity index (χ0) is 19.1. The van der Waals surface area contributed by atoms with Gasteiger partial charge in [-0.2, -0.15) is 0 Å². The van der Waals surface area contributed by atoms with Gasteiger partial charge in [-0.3, -0.25) is 4.79 Å². The Labute approximate surface area is 154 Å². The summed E-state index contributed by atoms with van der Waals surface area (Å²) in [5, 5.41) is 2.43. The van der Waals surface area contributed by atoms with Gasteiger partial charge < -0.3 is 19.2 Å². The lowest BCUT2D eigenvalue weighted by Gasteiger charge is -2.06. The summed E-state index contributed by atoms with van der Waals surface area (Å²) in [5.74, 6) is -0.781. The van der Waals surface area contributed by atoms with E-state index in [0.29, 0.717) is 11.5 Å². The summed E-state index contributed by atoms with van der Waals surface area (Å²) < 4.78 is 28.8. The molecule has 0 atom stereocenters. The number of amides is 1. The molecular weight excluding hydrogens is 353 g/mol. The fourth-order valence-electron chi connectivity index (χ4n) is 2.20. The van der Waals surface area contributed by atoms with E-state index in [2.05, 4.69) is 5.32 Å². The predicted octanol–water partition coefficient (Wildman–Crippen LogP) is 3.79. The molecule has 3 rings (SSSR count). The number of ether oxygens (including phenoxy) is 2. The highest BCUT2D eigenvalue weighted by Gasteiger charge is 2.15. The van der Waals surface area contributed by atoms with E-state index < -0.39 is 24.3 Å². The molecule has 1 N–H and O–H groups in total. The van der Waals surface area contributed by atoms with Gasteiger partial charge in [0.25, 0.3) is 5.91 Å². The number of para-hydroxylation sites is 1. The molecule has 6 nitrogen and oxygen atoms in total. The maximum Gasteiger partial charge on any atom is 0.374 e. The van der Waals surface area contributed by atoms with Gasteiger partial charge in [0.05, 0.1) is 0 Å². The zero-order valence-electron chi connectivity index (χ0n) is 14.2. The molecule has 0 unspecified atom stereocenters. The van der Waals surface area contributed by atoms with Crippen molar-refractivity contribution in [1.82, 2.24) is 0 Å². The minimum atomic E-state index is -0.782. The molecule has 138 valence electrons. The Morgan fingerprint density at radius 3 is 2.59 bits per heavy atom. The quantitative estimate of drug-likeness (QED) is 0.641. The number of esters is 1. The predicted molar refractivity (Wildman–Crippen MR) is 94.8 cm³/mol. The van der Waals surface area contributed by atoms with Gasteiger partial charge in [0.15, 0.2) is 6.61 Å². The average molecular weight is 369 g/mol. The molecule has 7 heteroatoms. The van der Waals surface area contributed by atoms with E-state index in [1.807, 2.05) is 18.2 Å². The molecule has 0 saturated carbocycles. The lowest BCUT2D eigenvalue weighted by atomic mass is 10.3. The molecule has 1 heterocycles. The first-order chi connectivity index (χ1) is 13.1. The molecule has 0 bridgehead atoms. The van der Waals surface area contributed by atoms with Crippen molar-refractivity contribution in [3.63, 3.8) is 0 Å². The Bertz CT molecular complexity index is 923. The number of nitrogens with one attached hydrogen (secondary N) is 1. The highest BCUT2D eigenvalue weighted by molar-refractivity contribution is 5.94. The monoisotopic (exact) mass is 369 g/mol. The molecule has 0 saturated heterocycles. The molecule has 3 aromatic rings. The summed E-state index contributed by atoms with van der Waals surface area (Å²) >= 11 is 0. The highest BCUT2D eigenvalue weighted by Crippen LogP contribution is 2.15. The SMILES string of the molecule is O=C(COC(=O)c1ccc(COc2ccccc2)o1)Nc1cccc(F)c1. The average Bonchev–Trinajstić information content (AvgIpc) is 3.14. The van der Waals surface area contributed by atoms with Crippen molar-refractivity contribution in [2.45, 2.75) is 6.61 Å². The molecule has 2 aromatic carbocycles. The molecule has 0 aliphatic carbocycles. The van der Waals surface area contributed by atoms with Crippen LogP contribution in [0, 0.1) is 5.82 Å². The second-order valence-corrected chi connectivity index (χ2v) is 5.50. The molecule has 1 aromatic heterocycles. The number of carbonyl (C=O) groups is 2. The van der Waals surface area contributed by atoms with E-state index in [-0.39, 0.29) is 18.1 Å². The van der Waals surface area contributed by atoms with Crippen LogP contribution >= 0.6 is 0 Å². The van der Waals surface area contributed by atoms with Crippen molar-refractivity contribution >= 4 is 17.6 Å². The maximum absolute atomic E-state index is 13.1. The highest BCUT2D eigenvalue weighted by atomic mass is 19.1. The number of furan rings is 1. The van der Waals surface area contributed by atoms with Crippen LogP contribution in [0.15, 0.2) is 71.1 Å². The second-order valence-electron chi connectivity index (χ2n) is 5.50. The number of halogens is 1. The van der Waals surface area contributed by atoms with Crippen molar-refractivity contribution in [1.29, 1.82) is 0 Å². The molecule has 0 radical (unpaired) electrons. The van der Waals surface area contributed by atoms with Crippen LogP contribution in [0.1, 0.15) is 16.3 Å². The summed E-state index contributed by atoms with van der Waals surface area (Å²) in [4.78, 5) is 23.7. The molecule has 0 spiro atoms. The van der Waals surface area contributed by atoms with Gasteiger partial charge >= 0.3 is 5.97 Å². The summed E-state index contributed by atoms with van der Waals surface area (Å²) in [6.45, 7) is -0.372. The summed E-state index contributed by atoms with van der Waals surface area (Å²) in [6.07, 6.45) is 0. The van der Waals surface area contributed by atoms with Crippen molar-refractivity contribution < 1.29 is 27.9 Å². The standard InChI is InChI=1S/C20H16FNO5/c21-14-5-4-6-15(11-14)22-19(23)13-26-20(24)18-10-9-17(27-18)12-25-16-7-2-1-3-8-16/h1-11H,12-13H2,(H,22,23). The van der Waals surface area contributed by atoms with Crippen LogP contribution < -0.4 is 10.1 Å². The van der Waals surface area contributed by atoms with Crippen LogP contribution in [-0.4, -0.2) is 18.5 Å². The minimum Gasteiger partial charge on any atom is -0.486 e. The van der Waals surface area contributed by atoms with Crippen molar-refractivity contribution in [2.75, 3.05) is 11.9 Å². The fourth-order valence-corrected chi connectivity index (χ4v) is 2.20. The van der Waals surface area contributed by atoms with E-state index in [1.54, 1.807) is 18.2 Å². The Morgan fingerprint density at radius 2 is 1.81 bits per heavy atom. The number of rotatable bonds is 7. The third kappa shape index (κ3) is 5.43. The van der Waals surface area contributed by atoms with Gasteiger partial charge in [-0.05, 0) is 42.5 Å².